The SMILES string of the molecule is Cc1ccn(-c2ncc([N+](=O)[O-])cc2C(N)=O)n1. The van der Waals surface area contributed by atoms with Gasteiger partial charge in [0.05, 0.1) is 16.2 Å². The van der Waals surface area contributed by atoms with Crippen molar-refractivity contribution in [1.82, 2.24) is 14.8 Å². The third kappa shape index (κ3) is 2.03. The highest BCUT2D eigenvalue weighted by Gasteiger charge is 2.17. The van der Waals surface area contributed by atoms with Gasteiger partial charge in [0, 0.05) is 12.3 Å². The predicted molar refractivity (Wildman–Crippen MR) is 61.3 cm³/mol. The molecule has 1 amide bonds. The number of carbonyl (C=O) groups excluding carboxylic acids is 1. The number of amides is 1. The molecule has 0 radical (unpaired) electrons. The number of aromatic nitrogens is 3. The molecular weight excluding hydrogens is 238 g/mol. The van der Waals surface area contributed by atoms with Gasteiger partial charge < -0.3 is 5.73 Å². The van der Waals surface area contributed by atoms with Crippen LogP contribution >= 0.6 is 0 Å². The Morgan fingerprint density at radius 2 is 2.28 bits per heavy atom. The first-order valence-electron chi connectivity index (χ1n) is 4.96. The van der Waals surface area contributed by atoms with Crippen LogP contribution < -0.4 is 5.73 Å². The molecule has 0 bridgehead atoms. The van der Waals surface area contributed by atoms with Gasteiger partial charge in [-0.1, -0.05) is 0 Å². The highest BCUT2D eigenvalue weighted by atomic mass is 16.6. The summed E-state index contributed by atoms with van der Waals surface area (Å²) < 4.78 is 1.35. The van der Waals surface area contributed by atoms with Gasteiger partial charge in [0.1, 0.15) is 6.20 Å². The Hall–Kier alpha value is -2.77. The first kappa shape index (κ1) is 11.7. The van der Waals surface area contributed by atoms with E-state index in [-0.39, 0.29) is 17.1 Å². The molecule has 0 atom stereocenters. The van der Waals surface area contributed by atoms with Crippen LogP contribution in [0.25, 0.3) is 5.82 Å². The van der Waals surface area contributed by atoms with Crippen molar-refractivity contribution in [1.29, 1.82) is 0 Å². The summed E-state index contributed by atoms with van der Waals surface area (Å²) in [6, 6.07) is 2.80. The van der Waals surface area contributed by atoms with Crippen LogP contribution in [-0.4, -0.2) is 25.6 Å². The molecule has 18 heavy (non-hydrogen) atoms. The van der Waals surface area contributed by atoms with Gasteiger partial charge in [-0.25, -0.2) is 9.67 Å². The molecule has 2 heterocycles. The maximum absolute atomic E-state index is 11.3. The number of nitro groups is 1. The zero-order chi connectivity index (χ0) is 13.3. The van der Waals surface area contributed by atoms with Gasteiger partial charge in [-0.05, 0) is 13.0 Å². The van der Waals surface area contributed by atoms with Crippen LogP contribution in [0.1, 0.15) is 16.1 Å². The Bertz CT molecular complexity index is 634. The highest BCUT2D eigenvalue weighted by Crippen LogP contribution is 2.17. The van der Waals surface area contributed by atoms with Crippen molar-refractivity contribution in [2.75, 3.05) is 0 Å². The van der Waals surface area contributed by atoms with E-state index in [0.717, 1.165) is 18.0 Å². The molecule has 2 aromatic heterocycles. The number of aryl methyl sites for hydroxylation is 1. The fourth-order valence-corrected chi connectivity index (χ4v) is 1.44. The van der Waals surface area contributed by atoms with E-state index in [1.165, 1.54) is 4.68 Å². The van der Waals surface area contributed by atoms with Gasteiger partial charge in [0.25, 0.3) is 11.6 Å². The molecule has 2 aromatic rings. The lowest BCUT2D eigenvalue weighted by Gasteiger charge is -2.05. The maximum atomic E-state index is 11.3. The molecule has 8 heteroatoms. The molecule has 8 nitrogen and oxygen atoms in total. The normalized spacial score (nSPS) is 10.3. The number of rotatable bonds is 3. The number of hydrogen-bond donors (Lipinski definition) is 1. The van der Waals surface area contributed by atoms with E-state index in [9.17, 15) is 14.9 Å². The number of carbonyl (C=O) groups is 1. The van der Waals surface area contributed by atoms with E-state index in [1.54, 1.807) is 19.2 Å². The molecule has 0 aliphatic carbocycles. The Kier molecular flexibility index (Phi) is 2.76. The summed E-state index contributed by atoms with van der Waals surface area (Å²) in [5, 5.41) is 14.7. The quantitative estimate of drug-likeness (QED) is 0.628. The van der Waals surface area contributed by atoms with Gasteiger partial charge in [0.15, 0.2) is 5.82 Å². The average molecular weight is 247 g/mol. The second-order valence-corrected chi connectivity index (χ2v) is 3.59. The Morgan fingerprint density at radius 3 is 2.78 bits per heavy atom. The number of nitrogens with two attached hydrogens (primary N) is 1. The first-order chi connectivity index (χ1) is 8.49. The van der Waals surface area contributed by atoms with Gasteiger partial charge >= 0.3 is 0 Å². The molecule has 2 rings (SSSR count). The molecule has 0 aliphatic rings. The molecule has 0 unspecified atom stereocenters. The highest BCUT2D eigenvalue weighted by molar-refractivity contribution is 5.96. The van der Waals surface area contributed by atoms with Crippen LogP contribution in [-0.2, 0) is 0 Å². The van der Waals surface area contributed by atoms with Crippen molar-refractivity contribution in [3.63, 3.8) is 0 Å². The lowest BCUT2D eigenvalue weighted by atomic mass is 10.2. The lowest BCUT2D eigenvalue weighted by Crippen LogP contribution is -2.16. The molecule has 0 saturated heterocycles. The summed E-state index contributed by atoms with van der Waals surface area (Å²) in [6.07, 6.45) is 2.65. The topological polar surface area (TPSA) is 117 Å². The maximum Gasteiger partial charge on any atom is 0.288 e. The lowest BCUT2D eigenvalue weighted by molar-refractivity contribution is -0.385. The second kappa shape index (κ2) is 4.24. The van der Waals surface area contributed by atoms with Crippen molar-refractivity contribution in [2.24, 2.45) is 5.73 Å². The standard InChI is InChI=1S/C10H9N5O3/c1-6-2-3-14(13-6)10-8(9(11)16)4-7(5-12-10)15(17)18/h2-5H,1H3,(H2,11,16). The van der Waals surface area contributed by atoms with Gasteiger partial charge in [0.2, 0.25) is 0 Å². The van der Waals surface area contributed by atoms with Crippen molar-refractivity contribution < 1.29 is 9.72 Å². The number of nitrogens with zero attached hydrogens (tertiary/aromatic N) is 4. The van der Waals surface area contributed by atoms with E-state index >= 15 is 0 Å². The molecule has 2 N–H and O–H groups in total. The average Bonchev–Trinajstić information content (AvgIpc) is 2.74. The third-order valence-corrected chi connectivity index (χ3v) is 2.27. The van der Waals surface area contributed by atoms with Crippen LogP contribution in [0, 0.1) is 17.0 Å². The summed E-state index contributed by atoms with van der Waals surface area (Å²) in [7, 11) is 0. The van der Waals surface area contributed by atoms with E-state index in [4.69, 9.17) is 5.73 Å². The van der Waals surface area contributed by atoms with E-state index in [0.29, 0.717) is 0 Å². The summed E-state index contributed by atoms with van der Waals surface area (Å²) in [5.41, 5.74) is 5.57. The number of hydrogen-bond acceptors (Lipinski definition) is 5. The fourth-order valence-electron chi connectivity index (χ4n) is 1.44. The molecule has 0 saturated carbocycles. The zero-order valence-electron chi connectivity index (χ0n) is 9.40. The van der Waals surface area contributed by atoms with E-state index in [2.05, 4.69) is 10.1 Å². The monoisotopic (exact) mass is 247 g/mol. The number of primary amides is 1. The first-order valence-corrected chi connectivity index (χ1v) is 4.96. The Labute approximate surface area is 101 Å². The van der Waals surface area contributed by atoms with Gasteiger partial charge in [-0.2, -0.15) is 5.10 Å². The van der Waals surface area contributed by atoms with Crippen LogP contribution in [0.5, 0.6) is 0 Å². The molecule has 0 aromatic carbocycles. The van der Waals surface area contributed by atoms with Crippen molar-refractivity contribution in [2.45, 2.75) is 6.92 Å². The minimum Gasteiger partial charge on any atom is -0.365 e. The van der Waals surface area contributed by atoms with Crippen molar-refractivity contribution in [3.05, 3.63) is 45.9 Å². The zero-order valence-corrected chi connectivity index (χ0v) is 9.40. The molecular formula is C10H9N5O3. The second-order valence-electron chi connectivity index (χ2n) is 3.59. The Morgan fingerprint density at radius 1 is 1.56 bits per heavy atom. The Balaban J connectivity index is 2.60. The molecule has 0 aliphatic heterocycles. The van der Waals surface area contributed by atoms with Gasteiger partial charge in [-0.15, -0.1) is 0 Å². The minimum absolute atomic E-state index is 0.0488. The van der Waals surface area contributed by atoms with Crippen LogP contribution in [0.2, 0.25) is 0 Å². The van der Waals surface area contributed by atoms with E-state index < -0.39 is 10.8 Å². The fraction of sp³-hybridized carbons (Fsp3) is 0.100. The summed E-state index contributed by atoms with van der Waals surface area (Å²) in [6.45, 7) is 1.77. The molecule has 0 fully saturated rings. The van der Waals surface area contributed by atoms with Crippen LogP contribution in [0.15, 0.2) is 24.5 Å². The van der Waals surface area contributed by atoms with Crippen LogP contribution in [0.3, 0.4) is 0 Å². The minimum atomic E-state index is -0.797. The summed E-state index contributed by atoms with van der Waals surface area (Å²) >= 11 is 0. The third-order valence-electron chi connectivity index (χ3n) is 2.27. The van der Waals surface area contributed by atoms with E-state index in [1.807, 2.05) is 0 Å². The molecule has 0 spiro atoms. The number of pyridine rings is 1. The van der Waals surface area contributed by atoms with Crippen molar-refractivity contribution >= 4 is 11.6 Å². The predicted octanol–water partition coefficient (Wildman–Crippen LogP) is 0.583. The largest absolute Gasteiger partial charge is 0.365 e. The summed E-state index contributed by atoms with van der Waals surface area (Å²) in [4.78, 5) is 25.1. The van der Waals surface area contributed by atoms with Crippen LogP contribution in [0.4, 0.5) is 5.69 Å². The smallest absolute Gasteiger partial charge is 0.288 e. The van der Waals surface area contributed by atoms with Crippen molar-refractivity contribution in [3.8, 4) is 5.82 Å². The molecule has 92 valence electrons. The summed E-state index contributed by atoms with van der Waals surface area (Å²) in [5.74, 6) is -0.629. The van der Waals surface area contributed by atoms with Gasteiger partial charge in [-0.3, -0.25) is 14.9 Å².